The van der Waals surface area contributed by atoms with Crippen LogP contribution in [0.25, 0.3) is 0 Å². The molecule has 0 saturated carbocycles. The van der Waals surface area contributed by atoms with E-state index in [0.717, 1.165) is 17.6 Å². The zero-order chi connectivity index (χ0) is 18.6. The smallest absolute Gasteiger partial charge is 0.406 e. The summed E-state index contributed by atoms with van der Waals surface area (Å²) in [5, 5.41) is 3.45. The van der Waals surface area contributed by atoms with Gasteiger partial charge in [-0.05, 0) is 50.0 Å². The first-order chi connectivity index (χ1) is 11.5. The zero-order valence-electron chi connectivity index (χ0n) is 14.4. The summed E-state index contributed by atoms with van der Waals surface area (Å²) in [5.41, 5.74) is 1.60. The number of carbonyl (C=O) groups is 1. The van der Waals surface area contributed by atoms with E-state index in [4.69, 9.17) is 0 Å². The second-order valence-corrected chi connectivity index (χ2v) is 8.03. The topological polar surface area (TPSA) is 32.8 Å². The van der Waals surface area contributed by atoms with Gasteiger partial charge in [-0.25, -0.2) is 5.01 Å². The van der Waals surface area contributed by atoms with Crippen LogP contribution in [0.2, 0.25) is 0 Å². The Morgan fingerprint density at radius 1 is 1.28 bits per heavy atom. The van der Waals surface area contributed by atoms with Gasteiger partial charge in [-0.2, -0.15) is 0 Å². The normalized spacial score (nSPS) is 19.8. The van der Waals surface area contributed by atoms with Crippen LogP contribution in [0.1, 0.15) is 25.8 Å². The molecular weight excluding hydrogens is 353 g/mol. The van der Waals surface area contributed by atoms with Crippen molar-refractivity contribution in [1.82, 2.24) is 10.0 Å². The van der Waals surface area contributed by atoms with E-state index in [0.29, 0.717) is 16.2 Å². The standard InChI is InChI=1S/C17H19F3N2O2S/c1-16(2)9-11-7-10-5-6-12(24-17(18,19)20)8-13(10)25-14(11)15(23)22(16)21(3)4/h5-6,8H,7,9H2,1-4H3. The Morgan fingerprint density at radius 3 is 2.56 bits per heavy atom. The molecule has 0 bridgehead atoms. The Morgan fingerprint density at radius 2 is 1.96 bits per heavy atom. The molecule has 1 aromatic carbocycles. The fraction of sp³-hybridized carbons (Fsp3) is 0.471. The number of hydrogen-bond acceptors (Lipinski definition) is 4. The summed E-state index contributed by atoms with van der Waals surface area (Å²) in [7, 11) is 3.61. The number of carbonyl (C=O) groups excluding carboxylic acids is 1. The van der Waals surface area contributed by atoms with E-state index < -0.39 is 6.36 Å². The average molecular weight is 372 g/mol. The van der Waals surface area contributed by atoms with Crippen LogP contribution in [-0.4, -0.2) is 41.9 Å². The lowest BCUT2D eigenvalue weighted by atomic mass is 9.86. The number of rotatable bonds is 2. The molecule has 0 unspecified atom stereocenters. The van der Waals surface area contributed by atoms with Gasteiger partial charge in [0.2, 0.25) is 0 Å². The van der Waals surface area contributed by atoms with Gasteiger partial charge in [-0.15, -0.1) is 13.2 Å². The van der Waals surface area contributed by atoms with Gasteiger partial charge in [0.1, 0.15) is 5.75 Å². The summed E-state index contributed by atoms with van der Waals surface area (Å²) in [5.74, 6) is -0.384. The first-order valence-corrected chi connectivity index (χ1v) is 8.60. The van der Waals surface area contributed by atoms with Crippen molar-refractivity contribution in [2.24, 2.45) is 0 Å². The fourth-order valence-corrected chi connectivity index (χ4v) is 4.62. The predicted octanol–water partition coefficient (Wildman–Crippen LogP) is 3.98. The van der Waals surface area contributed by atoms with E-state index >= 15 is 0 Å². The third kappa shape index (κ3) is 3.50. The van der Waals surface area contributed by atoms with E-state index in [1.54, 1.807) is 16.1 Å². The van der Waals surface area contributed by atoms with Crippen LogP contribution in [0.15, 0.2) is 33.6 Å². The number of halogens is 3. The van der Waals surface area contributed by atoms with Crippen molar-refractivity contribution < 1.29 is 22.7 Å². The number of hydrogen-bond donors (Lipinski definition) is 0. The third-order valence-corrected chi connectivity index (χ3v) is 5.48. The fourth-order valence-electron chi connectivity index (χ4n) is 3.49. The van der Waals surface area contributed by atoms with Crippen molar-refractivity contribution in [1.29, 1.82) is 0 Å². The highest BCUT2D eigenvalue weighted by molar-refractivity contribution is 8.04. The van der Waals surface area contributed by atoms with Crippen molar-refractivity contribution in [3.05, 3.63) is 34.2 Å². The van der Waals surface area contributed by atoms with Gasteiger partial charge in [0, 0.05) is 19.0 Å². The second kappa shape index (κ2) is 5.95. The maximum Gasteiger partial charge on any atom is 0.573 e. The maximum absolute atomic E-state index is 12.9. The minimum atomic E-state index is -4.73. The summed E-state index contributed by atoms with van der Waals surface area (Å²) in [6, 6.07) is 4.31. The number of benzene rings is 1. The molecule has 136 valence electrons. The average Bonchev–Trinajstić information content (AvgIpc) is 2.43. The van der Waals surface area contributed by atoms with E-state index in [9.17, 15) is 18.0 Å². The molecule has 1 amide bonds. The highest BCUT2D eigenvalue weighted by atomic mass is 32.2. The van der Waals surface area contributed by atoms with Gasteiger partial charge in [-0.3, -0.25) is 9.80 Å². The first kappa shape index (κ1) is 18.1. The van der Waals surface area contributed by atoms with E-state index in [2.05, 4.69) is 4.74 Å². The molecule has 0 atom stereocenters. The SMILES string of the molecule is CN(C)N1C(=O)C2=C(Cc3ccc(OC(F)(F)F)cc3S2)CC1(C)C. The van der Waals surface area contributed by atoms with Crippen LogP contribution in [0, 0.1) is 0 Å². The second-order valence-electron chi connectivity index (χ2n) is 6.98. The number of thioether (sulfide) groups is 1. The Balaban J connectivity index is 1.94. The lowest BCUT2D eigenvalue weighted by Gasteiger charge is -2.47. The summed E-state index contributed by atoms with van der Waals surface area (Å²) >= 11 is 1.23. The predicted molar refractivity (Wildman–Crippen MR) is 88.9 cm³/mol. The largest absolute Gasteiger partial charge is 0.573 e. The van der Waals surface area contributed by atoms with Crippen LogP contribution in [0.3, 0.4) is 0 Å². The Bertz CT molecular complexity index is 757. The number of ether oxygens (including phenoxy) is 1. The molecule has 2 aliphatic heterocycles. The monoisotopic (exact) mass is 372 g/mol. The molecule has 2 heterocycles. The van der Waals surface area contributed by atoms with Crippen molar-refractivity contribution in [2.45, 2.75) is 43.5 Å². The van der Waals surface area contributed by atoms with Crippen LogP contribution in [0.5, 0.6) is 5.75 Å². The lowest BCUT2D eigenvalue weighted by Crippen LogP contribution is -2.57. The van der Waals surface area contributed by atoms with Crippen LogP contribution >= 0.6 is 11.8 Å². The summed E-state index contributed by atoms with van der Waals surface area (Å²) in [4.78, 5) is 14.2. The first-order valence-electron chi connectivity index (χ1n) is 7.78. The summed E-state index contributed by atoms with van der Waals surface area (Å²) in [6.07, 6.45) is -3.44. The Kier molecular flexibility index (Phi) is 4.31. The van der Waals surface area contributed by atoms with Gasteiger partial charge in [-0.1, -0.05) is 17.8 Å². The summed E-state index contributed by atoms with van der Waals surface area (Å²) < 4.78 is 41.3. The number of alkyl halides is 3. The van der Waals surface area contributed by atoms with Crippen molar-refractivity contribution in [3.8, 4) is 5.75 Å². The van der Waals surface area contributed by atoms with Crippen molar-refractivity contribution in [2.75, 3.05) is 14.1 Å². The van der Waals surface area contributed by atoms with Gasteiger partial charge in [0.05, 0.1) is 10.4 Å². The minimum absolute atomic E-state index is 0.117. The van der Waals surface area contributed by atoms with E-state index in [1.807, 2.05) is 27.9 Å². The molecule has 8 heteroatoms. The molecule has 0 aliphatic carbocycles. The molecule has 3 rings (SSSR count). The third-order valence-electron chi connectivity index (χ3n) is 4.22. The highest BCUT2D eigenvalue weighted by Gasteiger charge is 2.43. The highest BCUT2D eigenvalue weighted by Crippen LogP contribution is 2.47. The van der Waals surface area contributed by atoms with Gasteiger partial charge < -0.3 is 4.74 Å². The number of nitrogens with zero attached hydrogens (tertiary/aromatic N) is 2. The Labute approximate surface area is 148 Å². The molecule has 0 fully saturated rings. The van der Waals surface area contributed by atoms with Crippen molar-refractivity contribution in [3.63, 3.8) is 0 Å². The number of fused-ring (bicyclic) bond motifs is 1. The van der Waals surface area contributed by atoms with E-state index in [1.165, 1.54) is 23.9 Å². The molecule has 25 heavy (non-hydrogen) atoms. The quantitative estimate of drug-likeness (QED) is 0.786. The lowest BCUT2D eigenvalue weighted by molar-refractivity contribution is -0.274. The molecule has 0 saturated heterocycles. The van der Waals surface area contributed by atoms with Gasteiger partial charge >= 0.3 is 6.36 Å². The molecule has 0 aromatic heterocycles. The number of hydrazine groups is 1. The van der Waals surface area contributed by atoms with Gasteiger partial charge in [0.15, 0.2) is 0 Å². The van der Waals surface area contributed by atoms with E-state index in [-0.39, 0.29) is 17.2 Å². The molecule has 0 radical (unpaired) electrons. The number of amides is 1. The molecular formula is C17H19F3N2O2S. The minimum Gasteiger partial charge on any atom is -0.406 e. The van der Waals surface area contributed by atoms with Crippen molar-refractivity contribution >= 4 is 17.7 Å². The molecule has 4 nitrogen and oxygen atoms in total. The molecule has 1 aromatic rings. The summed E-state index contributed by atoms with van der Waals surface area (Å²) in [6.45, 7) is 4.02. The maximum atomic E-state index is 12.9. The van der Waals surface area contributed by atoms with Crippen LogP contribution in [0.4, 0.5) is 13.2 Å². The molecule has 2 aliphatic rings. The van der Waals surface area contributed by atoms with Crippen LogP contribution < -0.4 is 4.74 Å². The molecule has 0 spiro atoms. The van der Waals surface area contributed by atoms with Crippen LogP contribution in [-0.2, 0) is 11.2 Å². The zero-order valence-corrected chi connectivity index (χ0v) is 15.2. The van der Waals surface area contributed by atoms with Gasteiger partial charge in [0.25, 0.3) is 5.91 Å². The molecule has 0 N–H and O–H groups in total. The Hall–Kier alpha value is -1.67.